The molecule has 12 heavy (non-hydrogen) atoms. The quantitative estimate of drug-likeness (QED) is 0.732. The highest BCUT2D eigenvalue weighted by molar-refractivity contribution is 5.57. The van der Waals surface area contributed by atoms with Crippen molar-refractivity contribution >= 4 is 5.70 Å². The molecule has 0 aliphatic rings. The summed E-state index contributed by atoms with van der Waals surface area (Å²) in [7, 11) is 0. The van der Waals surface area contributed by atoms with Crippen molar-refractivity contribution in [3.8, 4) is 0 Å². The van der Waals surface area contributed by atoms with E-state index in [1.54, 1.807) is 6.20 Å². The highest BCUT2D eigenvalue weighted by Gasteiger charge is 2.00. The van der Waals surface area contributed by atoms with Crippen molar-refractivity contribution in [1.29, 1.82) is 0 Å². The predicted molar refractivity (Wildman–Crippen MR) is 49.3 cm³/mol. The number of aromatic nitrogens is 2. The van der Waals surface area contributed by atoms with Gasteiger partial charge in [-0.2, -0.15) is 5.10 Å². The third-order valence-corrected chi connectivity index (χ3v) is 1.34. The fourth-order valence-corrected chi connectivity index (χ4v) is 0.885. The number of nitrogens with one attached hydrogen (secondary N) is 1. The molecule has 0 radical (unpaired) electrons. The molecule has 1 aromatic rings. The van der Waals surface area contributed by atoms with Crippen molar-refractivity contribution in [3.05, 3.63) is 30.6 Å². The summed E-state index contributed by atoms with van der Waals surface area (Å²) >= 11 is 0. The lowest BCUT2D eigenvalue weighted by Gasteiger charge is -2.10. The van der Waals surface area contributed by atoms with E-state index in [1.807, 2.05) is 12.1 Å². The lowest BCUT2D eigenvalue weighted by molar-refractivity contribution is 0.714. The molecule has 0 aliphatic heterocycles. The van der Waals surface area contributed by atoms with Gasteiger partial charge in [-0.05, 0) is 26.0 Å². The molecular formula is C9H13N3. The van der Waals surface area contributed by atoms with E-state index < -0.39 is 0 Å². The molecule has 0 spiro atoms. The van der Waals surface area contributed by atoms with Gasteiger partial charge in [0, 0.05) is 12.2 Å². The van der Waals surface area contributed by atoms with E-state index in [0.717, 1.165) is 11.4 Å². The molecule has 0 aliphatic carbocycles. The van der Waals surface area contributed by atoms with Gasteiger partial charge >= 0.3 is 0 Å². The molecule has 3 heteroatoms. The minimum Gasteiger partial charge on any atom is -0.382 e. The molecule has 0 saturated carbocycles. The second-order valence-electron chi connectivity index (χ2n) is 2.89. The van der Waals surface area contributed by atoms with Gasteiger partial charge in [-0.25, -0.2) is 0 Å². The largest absolute Gasteiger partial charge is 0.382 e. The Morgan fingerprint density at radius 3 is 2.83 bits per heavy atom. The second-order valence-corrected chi connectivity index (χ2v) is 2.89. The molecule has 0 amide bonds. The Morgan fingerprint density at radius 2 is 2.33 bits per heavy atom. The van der Waals surface area contributed by atoms with Crippen molar-refractivity contribution in [2.75, 3.05) is 0 Å². The molecule has 0 atom stereocenters. The molecule has 0 bridgehead atoms. The van der Waals surface area contributed by atoms with Crippen LogP contribution in [0.5, 0.6) is 0 Å². The van der Waals surface area contributed by atoms with Gasteiger partial charge in [0.2, 0.25) is 0 Å². The molecule has 1 N–H and O–H groups in total. The first-order valence-corrected chi connectivity index (χ1v) is 3.93. The maximum atomic E-state index is 3.92. The fourth-order valence-electron chi connectivity index (χ4n) is 0.885. The lowest BCUT2D eigenvalue weighted by atomic mass is 10.3. The molecule has 0 fully saturated rings. The van der Waals surface area contributed by atoms with E-state index in [9.17, 15) is 0 Å². The standard InChI is InChI=1S/C9H13N3/c1-7(2)11-8(3)9-5-4-6-10-12-9/h4-7,11H,3H2,1-2H3. The van der Waals surface area contributed by atoms with Crippen LogP contribution in [0.3, 0.4) is 0 Å². The summed E-state index contributed by atoms with van der Waals surface area (Å²) in [6, 6.07) is 4.10. The SMILES string of the molecule is C=C(NC(C)C)c1cccnn1. The van der Waals surface area contributed by atoms with Crippen molar-refractivity contribution in [1.82, 2.24) is 15.5 Å². The van der Waals surface area contributed by atoms with Crippen LogP contribution in [0.25, 0.3) is 5.70 Å². The second kappa shape index (κ2) is 3.85. The van der Waals surface area contributed by atoms with Gasteiger partial charge in [0.25, 0.3) is 0 Å². The summed E-state index contributed by atoms with van der Waals surface area (Å²) in [4.78, 5) is 0. The molecule has 1 heterocycles. The van der Waals surface area contributed by atoms with Gasteiger partial charge in [-0.1, -0.05) is 6.58 Å². The van der Waals surface area contributed by atoms with Crippen molar-refractivity contribution in [3.63, 3.8) is 0 Å². The number of hydrogen-bond acceptors (Lipinski definition) is 3. The first kappa shape index (κ1) is 8.71. The topological polar surface area (TPSA) is 37.8 Å². The minimum absolute atomic E-state index is 0.375. The third-order valence-electron chi connectivity index (χ3n) is 1.34. The molecule has 0 unspecified atom stereocenters. The fraction of sp³-hybridized carbons (Fsp3) is 0.333. The maximum Gasteiger partial charge on any atom is 0.108 e. The van der Waals surface area contributed by atoms with Crippen LogP contribution in [0.2, 0.25) is 0 Å². The van der Waals surface area contributed by atoms with Crippen molar-refractivity contribution < 1.29 is 0 Å². The summed E-state index contributed by atoms with van der Waals surface area (Å²) in [5.41, 5.74) is 1.62. The van der Waals surface area contributed by atoms with Crippen LogP contribution in [0.1, 0.15) is 19.5 Å². The monoisotopic (exact) mass is 163 g/mol. The van der Waals surface area contributed by atoms with Crippen LogP contribution in [0.15, 0.2) is 24.9 Å². The summed E-state index contributed by atoms with van der Waals surface area (Å²) < 4.78 is 0. The van der Waals surface area contributed by atoms with Crippen LogP contribution in [0.4, 0.5) is 0 Å². The van der Waals surface area contributed by atoms with Gasteiger partial charge in [0.15, 0.2) is 0 Å². The van der Waals surface area contributed by atoms with E-state index in [-0.39, 0.29) is 0 Å². The maximum absolute atomic E-state index is 3.92. The summed E-state index contributed by atoms with van der Waals surface area (Å²) in [5.74, 6) is 0. The van der Waals surface area contributed by atoms with Crippen molar-refractivity contribution in [2.45, 2.75) is 19.9 Å². The normalized spacial score (nSPS) is 9.92. The van der Waals surface area contributed by atoms with Crippen LogP contribution < -0.4 is 5.32 Å². The predicted octanol–water partition coefficient (Wildman–Crippen LogP) is 1.45. The van der Waals surface area contributed by atoms with Crippen LogP contribution in [-0.2, 0) is 0 Å². The lowest BCUT2D eigenvalue weighted by Crippen LogP contribution is -2.20. The Balaban J connectivity index is 2.66. The molecule has 1 rings (SSSR count). The minimum atomic E-state index is 0.375. The van der Waals surface area contributed by atoms with E-state index in [2.05, 4.69) is 35.9 Å². The number of nitrogens with zero attached hydrogens (tertiary/aromatic N) is 2. The van der Waals surface area contributed by atoms with Gasteiger partial charge in [0.05, 0.1) is 5.70 Å². The average Bonchev–Trinajstić information content (AvgIpc) is 2.05. The van der Waals surface area contributed by atoms with E-state index in [0.29, 0.717) is 6.04 Å². The molecule has 0 saturated heterocycles. The number of hydrogen-bond donors (Lipinski definition) is 1. The molecule has 1 aromatic heterocycles. The Labute approximate surface area is 72.5 Å². The van der Waals surface area contributed by atoms with Crippen LogP contribution in [-0.4, -0.2) is 16.2 Å². The van der Waals surface area contributed by atoms with Gasteiger partial charge in [-0.15, -0.1) is 5.10 Å². The van der Waals surface area contributed by atoms with E-state index in [4.69, 9.17) is 0 Å². The zero-order valence-corrected chi connectivity index (χ0v) is 7.41. The Kier molecular flexibility index (Phi) is 2.80. The van der Waals surface area contributed by atoms with Gasteiger partial charge in [-0.3, -0.25) is 0 Å². The van der Waals surface area contributed by atoms with Gasteiger partial charge < -0.3 is 5.32 Å². The summed E-state index contributed by atoms with van der Waals surface area (Å²) in [6.07, 6.45) is 1.64. The first-order chi connectivity index (χ1) is 5.70. The van der Waals surface area contributed by atoms with E-state index in [1.165, 1.54) is 0 Å². The first-order valence-electron chi connectivity index (χ1n) is 3.93. The molecule has 64 valence electrons. The highest BCUT2D eigenvalue weighted by atomic mass is 15.1. The van der Waals surface area contributed by atoms with Crippen LogP contribution in [0, 0.1) is 0 Å². The Hall–Kier alpha value is -1.38. The molecule has 0 aromatic carbocycles. The zero-order valence-electron chi connectivity index (χ0n) is 7.41. The Bertz CT molecular complexity index is 254. The smallest absolute Gasteiger partial charge is 0.108 e. The van der Waals surface area contributed by atoms with Gasteiger partial charge in [0.1, 0.15) is 5.69 Å². The van der Waals surface area contributed by atoms with E-state index >= 15 is 0 Å². The Morgan fingerprint density at radius 1 is 1.58 bits per heavy atom. The third kappa shape index (κ3) is 2.34. The molecular weight excluding hydrogens is 150 g/mol. The molecule has 3 nitrogen and oxygen atoms in total. The zero-order chi connectivity index (χ0) is 8.97. The van der Waals surface area contributed by atoms with Crippen molar-refractivity contribution in [2.24, 2.45) is 0 Å². The highest BCUT2D eigenvalue weighted by Crippen LogP contribution is 2.03. The summed E-state index contributed by atoms with van der Waals surface area (Å²) in [6.45, 7) is 7.97. The number of rotatable bonds is 3. The summed E-state index contributed by atoms with van der Waals surface area (Å²) in [5, 5.41) is 10.8. The van der Waals surface area contributed by atoms with Crippen LogP contribution >= 0.6 is 0 Å². The average molecular weight is 163 g/mol.